The second-order valence-electron chi connectivity index (χ2n) is 3.09. The molecule has 1 heterocycles. The van der Waals surface area contributed by atoms with E-state index in [0.717, 1.165) is 12.8 Å². The first-order valence-electron chi connectivity index (χ1n) is 4.23. The maximum absolute atomic E-state index is 11.2. The van der Waals surface area contributed by atoms with E-state index in [1.54, 1.807) is 4.90 Å². The van der Waals surface area contributed by atoms with Crippen LogP contribution in [0.15, 0.2) is 0 Å². The summed E-state index contributed by atoms with van der Waals surface area (Å²) in [5.74, 6) is -0.371. The topological polar surface area (TPSA) is 63.4 Å². The number of rotatable bonds is 3. The Labute approximate surface area is 71.7 Å². The van der Waals surface area contributed by atoms with Crippen LogP contribution in [0, 0.1) is 0 Å². The second-order valence-corrected chi connectivity index (χ2v) is 3.09. The molecule has 0 spiro atoms. The first-order valence-corrected chi connectivity index (χ1v) is 4.23. The molecule has 1 fully saturated rings. The molecule has 0 aliphatic carbocycles. The summed E-state index contributed by atoms with van der Waals surface area (Å²) < 4.78 is 0. The van der Waals surface area contributed by atoms with Crippen LogP contribution in [0.4, 0.5) is 0 Å². The van der Waals surface area contributed by atoms with E-state index in [1.165, 1.54) is 0 Å². The lowest BCUT2D eigenvalue weighted by molar-refractivity contribution is -0.133. The molecule has 2 N–H and O–H groups in total. The molecule has 0 bridgehead atoms. The third kappa shape index (κ3) is 1.75. The fourth-order valence-corrected chi connectivity index (χ4v) is 1.60. The molecule has 2 amide bonds. The molecule has 0 aromatic heterocycles. The zero-order chi connectivity index (χ0) is 9.14. The minimum atomic E-state index is -0.427. The van der Waals surface area contributed by atoms with Gasteiger partial charge < -0.3 is 10.6 Å². The van der Waals surface area contributed by atoms with E-state index in [4.69, 9.17) is 5.73 Å². The fraction of sp³-hybridized carbons (Fsp3) is 0.750. The minimum absolute atomic E-state index is 0.0562. The first-order chi connectivity index (χ1) is 5.65. The predicted octanol–water partition coefficient (Wildman–Crippen LogP) is -0.127. The molecule has 0 saturated carbocycles. The molecule has 4 nitrogen and oxygen atoms in total. The number of likely N-dealkylation sites (tertiary alicyclic amines) is 1. The number of amides is 2. The van der Waals surface area contributed by atoms with Crippen molar-refractivity contribution in [1.82, 2.24) is 4.90 Å². The Hall–Kier alpha value is -1.06. The molecular formula is C8H14N2O2. The van der Waals surface area contributed by atoms with E-state index in [-0.39, 0.29) is 18.5 Å². The molecular weight excluding hydrogens is 156 g/mol. The molecule has 0 aromatic rings. The Morgan fingerprint density at radius 1 is 1.75 bits per heavy atom. The van der Waals surface area contributed by atoms with Crippen molar-refractivity contribution in [3.05, 3.63) is 0 Å². The molecule has 1 aliphatic rings. The summed E-state index contributed by atoms with van der Waals surface area (Å²) in [4.78, 5) is 23.4. The van der Waals surface area contributed by atoms with Gasteiger partial charge in [0.1, 0.15) is 0 Å². The third-order valence-electron chi connectivity index (χ3n) is 2.25. The predicted molar refractivity (Wildman–Crippen MR) is 44.2 cm³/mol. The van der Waals surface area contributed by atoms with Crippen LogP contribution >= 0.6 is 0 Å². The van der Waals surface area contributed by atoms with Crippen LogP contribution < -0.4 is 5.73 Å². The van der Waals surface area contributed by atoms with Crippen LogP contribution in [0.25, 0.3) is 0 Å². The Kier molecular flexibility index (Phi) is 2.68. The zero-order valence-corrected chi connectivity index (χ0v) is 7.25. The zero-order valence-electron chi connectivity index (χ0n) is 7.25. The number of carbonyl (C=O) groups is 2. The van der Waals surface area contributed by atoms with Crippen LogP contribution in [-0.2, 0) is 9.59 Å². The minimum Gasteiger partial charge on any atom is -0.368 e. The van der Waals surface area contributed by atoms with Crippen molar-refractivity contribution in [2.24, 2.45) is 5.73 Å². The monoisotopic (exact) mass is 170 g/mol. The maximum atomic E-state index is 11.2. The number of hydrogen-bond acceptors (Lipinski definition) is 2. The highest BCUT2D eigenvalue weighted by atomic mass is 16.2. The molecule has 12 heavy (non-hydrogen) atoms. The summed E-state index contributed by atoms with van der Waals surface area (Å²) in [6, 6.07) is 0.227. The largest absolute Gasteiger partial charge is 0.368 e. The number of nitrogens with zero attached hydrogens (tertiary/aromatic N) is 1. The Bertz CT molecular complexity index is 203. The summed E-state index contributed by atoms with van der Waals surface area (Å²) in [6.07, 6.45) is 2.33. The average molecular weight is 170 g/mol. The van der Waals surface area contributed by atoms with Crippen LogP contribution in [0.1, 0.15) is 26.2 Å². The highest BCUT2D eigenvalue weighted by Crippen LogP contribution is 2.20. The first kappa shape index (κ1) is 9.03. The van der Waals surface area contributed by atoms with Crippen molar-refractivity contribution in [2.45, 2.75) is 32.2 Å². The lowest BCUT2D eigenvalue weighted by Crippen LogP contribution is -2.39. The van der Waals surface area contributed by atoms with E-state index >= 15 is 0 Å². The molecule has 1 unspecified atom stereocenters. The van der Waals surface area contributed by atoms with E-state index < -0.39 is 5.91 Å². The van der Waals surface area contributed by atoms with Gasteiger partial charge in [0.15, 0.2) is 0 Å². The molecule has 68 valence electrons. The number of carbonyl (C=O) groups excluding carboxylic acids is 2. The molecule has 0 aromatic carbocycles. The summed E-state index contributed by atoms with van der Waals surface area (Å²) in [5, 5.41) is 0. The van der Waals surface area contributed by atoms with Gasteiger partial charge >= 0.3 is 0 Å². The van der Waals surface area contributed by atoms with Crippen LogP contribution in [0.3, 0.4) is 0 Å². The Balaban J connectivity index is 2.57. The van der Waals surface area contributed by atoms with E-state index in [0.29, 0.717) is 6.42 Å². The molecule has 1 atom stereocenters. The van der Waals surface area contributed by atoms with Gasteiger partial charge in [0.2, 0.25) is 11.8 Å². The molecule has 4 heteroatoms. The van der Waals surface area contributed by atoms with Gasteiger partial charge in [0, 0.05) is 12.5 Å². The highest BCUT2D eigenvalue weighted by molar-refractivity contribution is 5.85. The lowest BCUT2D eigenvalue weighted by Gasteiger charge is -2.21. The molecule has 1 rings (SSSR count). The highest BCUT2D eigenvalue weighted by Gasteiger charge is 2.30. The summed E-state index contributed by atoms with van der Waals surface area (Å²) >= 11 is 0. The quantitative estimate of drug-likeness (QED) is 0.641. The van der Waals surface area contributed by atoms with Crippen LogP contribution in [0.2, 0.25) is 0 Å². The molecule has 1 saturated heterocycles. The standard InChI is InChI=1S/C8H14N2O2/c1-2-6-3-4-8(12)10(6)5-7(9)11/h6H,2-5H2,1H3,(H2,9,11). The normalized spacial score (nSPS) is 23.2. The number of primary amides is 1. The summed E-state index contributed by atoms with van der Waals surface area (Å²) in [7, 11) is 0. The van der Waals surface area contributed by atoms with Crippen molar-refractivity contribution in [1.29, 1.82) is 0 Å². The average Bonchev–Trinajstić information content (AvgIpc) is 2.32. The van der Waals surface area contributed by atoms with Crippen molar-refractivity contribution in [3.63, 3.8) is 0 Å². The van der Waals surface area contributed by atoms with Crippen molar-refractivity contribution in [3.8, 4) is 0 Å². The van der Waals surface area contributed by atoms with Gasteiger partial charge in [-0.05, 0) is 12.8 Å². The number of nitrogens with two attached hydrogens (primary N) is 1. The molecule has 0 radical (unpaired) electrons. The smallest absolute Gasteiger partial charge is 0.237 e. The van der Waals surface area contributed by atoms with Crippen molar-refractivity contribution < 1.29 is 9.59 Å². The fourth-order valence-electron chi connectivity index (χ4n) is 1.60. The van der Waals surface area contributed by atoms with Gasteiger partial charge in [-0.3, -0.25) is 9.59 Å². The maximum Gasteiger partial charge on any atom is 0.237 e. The summed E-state index contributed by atoms with van der Waals surface area (Å²) in [6.45, 7) is 2.09. The lowest BCUT2D eigenvalue weighted by atomic mass is 10.2. The Morgan fingerprint density at radius 2 is 2.42 bits per heavy atom. The van der Waals surface area contributed by atoms with Crippen LogP contribution in [0.5, 0.6) is 0 Å². The number of hydrogen-bond donors (Lipinski definition) is 1. The van der Waals surface area contributed by atoms with Gasteiger partial charge in [-0.1, -0.05) is 6.92 Å². The van der Waals surface area contributed by atoms with Gasteiger partial charge in [0.05, 0.1) is 6.54 Å². The van der Waals surface area contributed by atoms with Crippen molar-refractivity contribution in [2.75, 3.05) is 6.54 Å². The second kappa shape index (κ2) is 3.56. The van der Waals surface area contributed by atoms with E-state index in [2.05, 4.69) is 0 Å². The third-order valence-corrected chi connectivity index (χ3v) is 2.25. The van der Waals surface area contributed by atoms with Gasteiger partial charge in [-0.15, -0.1) is 0 Å². The summed E-state index contributed by atoms with van der Waals surface area (Å²) in [5.41, 5.74) is 5.02. The van der Waals surface area contributed by atoms with Gasteiger partial charge in [-0.25, -0.2) is 0 Å². The van der Waals surface area contributed by atoms with E-state index in [9.17, 15) is 9.59 Å². The van der Waals surface area contributed by atoms with Crippen molar-refractivity contribution >= 4 is 11.8 Å². The molecule has 1 aliphatic heterocycles. The van der Waals surface area contributed by atoms with Gasteiger partial charge in [0.25, 0.3) is 0 Å². The van der Waals surface area contributed by atoms with Crippen LogP contribution in [-0.4, -0.2) is 29.3 Å². The van der Waals surface area contributed by atoms with Gasteiger partial charge in [-0.2, -0.15) is 0 Å². The SMILES string of the molecule is CCC1CCC(=O)N1CC(N)=O. The Morgan fingerprint density at radius 3 is 2.92 bits per heavy atom. The van der Waals surface area contributed by atoms with E-state index in [1.807, 2.05) is 6.92 Å².